The van der Waals surface area contributed by atoms with Gasteiger partial charge >= 0.3 is 0 Å². The molecule has 1 amide bonds. The van der Waals surface area contributed by atoms with Crippen LogP contribution in [0.25, 0.3) is 0 Å². The second-order valence-electron chi connectivity index (χ2n) is 4.69. The van der Waals surface area contributed by atoms with Crippen LogP contribution in [0.2, 0.25) is 0 Å². The first-order chi connectivity index (χ1) is 8.85. The molecule has 1 aromatic rings. The van der Waals surface area contributed by atoms with E-state index in [4.69, 9.17) is 5.73 Å². The highest BCUT2D eigenvalue weighted by Gasteiger charge is 2.20. The molecule has 0 unspecified atom stereocenters. The van der Waals surface area contributed by atoms with Crippen molar-refractivity contribution in [1.82, 2.24) is 0 Å². The molecule has 0 aromatic heterocycles. The first kappa shape index (κ1) is 15.1. The number of hydrogen-bond donors (Lipinski definition) is 1. The average Bonchev–Trinajstić information content (AvgIpc) is 2.25. The van der Waals surface area contributed by atoms with Gasteiger partial charge in [0.1, 0.15) is 23.6 Å². The molecule has 0 atom stereocenters. The molecular formula is C13H16F2N2O2. The van der Waals surface area contributed by atoms with E-state index in [1.54, 1.807) is 0 Å². The number of nitrogens with two attached hydrogens (primary N) is 1. The Morgan fingerprint density at radius 3 is 2.26 bits per heavy atom. The van der Waals surface area contributed by atoms with Gasteiger partial charge in [0.25, 0.3) is 0 Å². The molecule has 0 fully saturated rings. The summed E-state index contributed by atoms with van der Waals surface area (Å²) >= 11 is 0. The van der Waals surface area contributed by atoms with E-state index in [1.165, 1.54) is 4.90 Å². The molecule has 0 spiro atoms. The zero-order chi connectivity index (χ0) is 14.6. The summed E-state index contributed by atoms with van der Waals surface area (Å²) in [5.41, 5.74) is 4.65. The van der Waals surface area contributed by atoms with Gasteiger partial charge in [-0.05, 0) is 18.1 Å². The number of carbonyl (C=O) groups excluding carboxylic acids is 2. The van der Waals surface area contributed by atoms with Crippen molar-refractivity contribution in [3.05, 3.63) is 29.3 Å². The van der Waals surface area contributed by atoms with Gasteiger partial charge in [-0.2, -0.15) is 0 Å². The number of primary amides is 1. The Balaban J connectivity index is 3.21. The van der Waals surface area contributed by atoms with Crippen LogP contribution in [-0.4, -0.2) is 25.3 Å². The number of benzene rings is 1. The third-order valence-electron chi connectivity index (χ3n) is 2.42. The molecule has 2 N–H and O–H groups in total. The number of anilines is 1. The fourth-order valence-corrected chi connectivity index (χ4v) is 1.82. The second kappa shape index (κ2) is 6.26. The molecule has 0 bridgehead atoms. The van der Waals surface area contributed by atoms with Gasteiger partial charge in [-0.1, -0.05) is 13.8 Å². The highest BCUT2D eigenvalue weighted by molar-refractivity contribution is 5.80. The van der Waals surface area contributed by atoms with E-state index in [-0.39, 0.29) is 30.3 Å². The summed E-state index contributed by atoms with van der Waals surface area (Å²) in [6.45, 7) is 3.69. The van der Waals surface area contributed by atoms with Crippen LogP contribution < -0.4 is 10.6 Å². The lowest BCUT2D eigenvalue weighted by Gasteiger charge is -2.26. The first-order valence-electron chi connectivity index (χ1n) is 5.82. The van der Waals surface area contributed by atoms with E-state index in [2.05, 4.69) is 0 Å². The third kappa shape index (κ3) is 4.01. The van der Waals surface area contributed by atoms with Crippen LogP contribution in [0.1, 0.15) is 24.2 Å². The zero-order valence-electron chi connectivity index (χ0n) is 10.8. The smallest absolute Gasteiger partial charge is 0.236 e. The molecule has 0 saturated heterocycles. The van der Waals surface area contributed by atoms with Gasteiger partial charge in [0, 0.05) is 12.1 Å². The molecule has 1 rings (SSSR count). The van der Waals surface area contributed by atoms with Crippen LogP contribution in [0.15, 0.2) is 12.1 Å². The van der Waals surface area contributed by atoms with Crippen molar-refractivity contribution in [2.45, 2.75) is 13.8 Å². The molecular weight excluding hydrogens is 254 g/mol. The molecule has 4 nitrogen and oxygen atoms in total. The van der Waals surface area contributed by atoms with E-state index < -0.39 is 17.5 Å². The number of carbonyl (C=O) groups is 2. The SMILES string of the molecule is CC(C)CN(CC(N)=O)c1c(F)cc(C=O)cc1F. The molecule has 0 heterocycles. The number of amides is 1. The number of halogens is 2. The number of hydrogen-bond acceptors (Lipinski definition) is 3. The summed E-state index contributed by atoms with van der Waals surface area (Å²) < 4.78 is 27.7. The molecule has 19 heavy (non-hydrogen) atoms. The lowest BCUT2D eigenvalue weighted by molar-refractivity contribution is -0.116. The second-order valence-corrected chi connectivity index (χ2v) is 4.69. The van der Waals surface area contributed by atoms with Crippen molar-refractivity contribution < 1.29 is 18.4 Å². The highest BCUT2D eigenvalue weighted by atomic mass is 19.1. The minimum atomic E-state index is -0.885. The van der Waals surface area contributed by atoms with Gasteiger partial charge < -0.3 is 10.6 Å². The molecule has 0 aliphatic rings. The van der Waals surface area contributed by atoms with Gasteiger partial charge in [0.15, 0.2) is 0 Å². The molecule has 0 saturated carbocycles. The predicted molar refractivity (Wildman–Crippen MR) is 68.0 cm³/mol. The van der Waals surface area contributed by atoms with Gasteiger partial charge in [-0.25, -0.2) is 8.78 Å². The Morgan fingerprint density at radius 1 is 1.37 bits per heavy atom. The summed E-state index contributed by atoms with van der Waals surface area (Å²) in [6, 6.07) is 1.86. The molecule has 0 aliphatic heterocycles. The number of aldehydes is 1. The van der Waals surface area contributed by atoms with Crippen LogP contribution in [0.3, 0.4) is 0 Å². The van der Waals surface area contributed by atoms with Gasteiger partial charge in [0.05, 0.1) is 6.54 Å². The average molecular weight is 270 g/mol. The molecule has 1 aromatic carbocycles. The quantitative estimate of drug-likeness (QED) is 0.801. The van der Waals surface area contributed by atoms with E-state index in [0.717, 1.165) is 12.1 Å². The van der Waals surface area contributed by atoms with Crippen LogP contribution in [0.5, 0.6) is 0 Å². The van der Waals surface area contributed by atoms with Crippen LogP contribution in [0.4, 0.5) is 14.5 Å². The Kier molecular flexibility index (Phi) is 4.97. The normalized spacial score (nSPS) is 10.6. The standard InChI is InChI=1S/C13H16F2N2O2/c1-8(2)5-17(6-12(16)19)13-10(14)3-9(7-18)4-11(13)15/h3-4,7-8H,5-6H2,1-2H3,(H2,16,19). The van der Waals surface area contributed by atoms with Crippen molar-refractivity contribution >= 4 is 17.9 Å². The van der Waals surface area contributed by atoms with Crippen molar-refractivity contribution in [3.8, 4) is 0 Å². The first-order valence-corrected chi connectivity index (χ1v) is 5.82. The Hall–Kier alpha value is -1.98. The maximum absolute atomic E-state index is 13.9. The zero-order valence-corrected chi connectivity index (χ0v) is 10.8. The Labute approximate surface area is 110 Å². The summed E-state index contributed by atoms with van der Waals surface area (Å²) in [5, 5.41) is 0. The Bertz CT molecular complexity index is 467. The van der Waals surface area contributed by atoms with Crippen molar-refractivity contribution in [1.29, 1.82) is 0 Å². The lowest BCUT2D eigenvalue weighted by Crippen LogP contribution is -2.37. The predicted octanol–water partition coefficient (Wildman–Crippen LogP) is 1.72. The maximum Gasteiger partial charge on any atom is 0.236 e. The van der Waals surface area contributed by atoms with E-state index in [0.29, 0.717) is 6.29 Å². The van der Waals surface area contributed by atoms with Crippen molar-refractivity contribution in [2.24, 2.45) is 11.7 Å². The van der Waals surface area contributed by atoms with Crippen LogP contribution in [-0.2, 0) is 4.79 Å². The van der Waals surface area contributed by atoms with Gasteiger partial charge in [0.2, 0.25) is 5.91 Å². The maximum atomic E-state index is 13.9. The van der Waals surface area contributed by atoms with Crippen LogP contribution in [0, 0.1) is 17.6 Å². The summed E-state index contributed by atoms with van der Waals surface area (Å²) in [6.07, 6.45) is 0.358. The number of rotatable bonds is 6. The Morgan fingerprint density at radius 2 is 1.89 bits per heavy atom. The van der Waals surface area contributed by atoms with E-state index in [9.17, 15) is 18.4 Å². The summed E-state index contributed by atoms with van der Waals surface area (Å²) in [5.74, 6) is -2.36. The largest absolute Gasteiger partial charge is 0.368 e. The third-order valence-corrected chi connectivity index (χ3v) is 2.42. The molecule has 104 valence electrons. The highest BCUT2D eigenvalue weighted by Crippen LogP contribution is 2.25. The summed E-state index contributed by atoms with van der Waals surface area (Å²) in [4.78, 5) is 22.8. The minimum Gasteiger partial charge on any atom is -0.368 e. The molecule has 6 heteroatoms. The topological polar surface area (TPSA) is 63.4 Å². The molecule has 0 radical (unpaired) electrons. The lowest BCUT2D eigenvalue weighted by atomic mass is 10.1. The van der Waals surface area contributed by atoms with Crippen molar-refractivity contribution in [2.75, 3.05) is 18.0 Å². The number of nitrogens with zero attached hydrogens (tertiary/aromatic N) is 1. The van der Waals surface area contributed by atoms with Gasteiger partial charge in [-0.3, -0.25) is 9.59 Å². The fourth-order valence-electron chi connectivity index (χ4n) is 1.82. The van der Waals surface area contributed by atoms with E-state index in [1.807, 2.05) is 13.8 Å². The summed E-state index contributed by atoms with van der Waals surface area (Å²) in [7, 11) is 0. The minimum absolute atomic E-state index is 0.0869. The van der Waals surface area contributed by atoms with Crippen molar-refractivity contribution in [3.63, 3.8) is 0 Å². The van der Waals surface area contributed by atoms with Gasteiger partial charge in [-0.15, -0.1) is 0 Å². The van der Waals surface area contributed by atoms with E-state index >= 15 is 0 Å². The fraction of sp³-hybridized carbons (Fsp3) is 0.385. The van der Waals surface area contributed by atoms with Crippen LogP contribution >= 0.6 is 0 Å². The monoisotopic (exact) mass is 270 g/mol. The molecule has 0 aliphatic carbocycles.